The fourth-order valence-electron chi connectivity index (χ4n) is 2.44. The van der Waals surface area contributed by atoms with E-state index in [1.165, 1.54) is 10.2 Å². The van der Waals surface area contributed by atoms with Crippen LogP contribution in [-0.2, 0) is 6.54 Å². The molecular weight excluding hydrogens is 330 g/mol. The van der Waals surface area contributed by atoms with Gasteiger partial charge in [0, 0.05) is 12.0 Å². The molecular formula is C16H16BrN3O. The standard InChI is InChI=1S/C16H16BrN3O/c1-2-8-20-16(21)15(17)14(10-18-20)19-13-9-12(13)11-6-4-3-5-7-11/h2-7,10,12-13,19H,1,8-9H2. The van der Waals surface area contributed by atoms with Gasteiger partial charge in [0.05, 0.1) is 18.4 Å². The van der Waals surface area contributed by atoms with Crippen molar-refractivity contribution in [2.45, 2.75) is 24.9 Å². The molecule has 1 fully saturated rings. The van der Waals surface area contributed by atoms with Gasteiger partial charge < -0.3 is 5.32 Å². The largest absolute Gasteiger partial charge is 0.379 e. The number of hydrogen-bond donors (Lipinski definition) is 1. The molecule has 2 aromatic rings. The lowest BCUT2D eigenvalue weighted by Gasteiger charge is -2.09. The van der Waals surface area contributed by atoms with Gasteiger partial charge in [0.25, 0.3) is 5.56 Å². The van der Waals surface area contributed by atoms with Gasteiger partial charge in [-0.3, -0.25) is 4.79 Å². The number of nitrogens with zero attached hydrogens (tertiary/aromatic N) is 2. The summed E-state index contributed by atoms with van der Waals surface area (Å²) in [5, 5.41) is 7.54. The number of halogens is 1. The van der Waals surface area contributed by atoms with Crippen molar-refractivity contribution in [3.63, 3.8) is 0 Å². The van der Waals surface area contributed by atoms with Crippen LogP contribution in [0.4, 0.5) is 5.69 Å². The summed E-state index contributed by atoms with van der Waals surface area (Å²) < 4.78 is 1.90. The van der Waals surface area contributed by atoms with Gasteiger partial charge in [-0.15, -0.1) is 6.58 Å². The SMILES string of the molecule is C=CCn1ncc(NC2CC2c2ccccc2)c(Br)c1=O. The fourth-order valence-corrected chi connectivity index (χ4v) is 2.86. The second-order valence-electron chi connectivity index (χ2n) is 5.15. The van der Waals surface area contributed by atoms with Crippen LogP contribution in [0.1, 0.15) is 17.9 Å². The van der Waals surface area contributed by atoms with Crippen molar-refractivity contribution < 1.29 is 0 Å². The van der Waals surface area contributed by atoms with Crippen LogP contribution >= 0.6 is 15.9 Å². The highest BCUT2D eigenvalue weighted by atomic mass is 79.9. The number of rotatable bonds is 5. The minimum Gasteiger partial charge on any atom is -0.379 e. The summed E-state index contributed by atoms with van der Waals surface area (Å²) in [6.07, 6.45) is 4.42. The predicted octanol–water partition coefficient (Wildman–Crippen LogP) is 3.16. The molecule has 0 bridgehead atoms. The normalized spacial score (nSPS) is 20.0. The minimum atomic E-state index is -0.142. The van der Waals surface area contributed by atoms with Crippen molar-refractivity contribution in [1.82, 2.24) is 9.78 Å². The van der Waals surface area contributed by atoms with Crippen LogP contribution in [-0.4, -0.2) is 15.8 Å². The van der Waals surface area contributed by atoms with Gasteiger partial charge in [-0.2, -0.15) is 5.10 Å². The fraction of sp³-hybridized carbons (Fsp3) is 0.250. The van der Waals surface area contributed by atoms with Gasteiger partial charge in [-0.1, -0.05) is 36.4 Å². The zero-order valence-corrected chi connectivity index (χ0v) is 13.1. The lowest BCUT2D eigenvalue weighted by Crippen LogP contribution is -2.24. The van der Waals surface area contributed by atoms with Gasteiger partial charge in [-0.25, -0.2) is 4.68 Å². The third kappa shape index (κ3) is 2.93. The third-order valence-electron chi connectivity index (χ3n) is 3.65. The first kappa shape index (κ1) is 14.1. The van der Waals surface area contributed by atoms with Crippen molar-refractivity contribution in [3.05, 3.63) is 69.6 Å². The molecule has 108 valence electrons. The highest BCUT2D eigenvalue weighted by molar-refractivity contribution is 9.10. The van der Waals surface area contributed by atoms with Crippen molar-refractivity contribution in [2.24, 2.45) is 0 Å². The summed E-state index contributed by atoms with van der Waals surface area (Å²) in [5.41, 5.74) is 1.94. The van der Waals surface area contributed by atoms with E-state index in [1.807, 2.05) is 6.07 Å². The van der Waals surface area contributed by atoms with Gasteiger partial charge in [-0.05, 0) is 27.9 Å². The van der Waals surface area contributed by atoms with Crippen LogP contribution in [0.15, 0.2) is 58.5 Å². The molecule has 0 amide bonds. The highest BCUT2D eigenvalue weighted by Crippen LogP contribution is 2.43. The van der Waals surface area contributed by atoms with E-state index in [9.17, 15) is 4.79 Å². The topological polar surface area (TPSA) is 46.9 Å². The Labute approximate surface area is 131 Å². The average molecular weight is 346 g/mol. The Morgan fingerprint density at radius 3 is 2.90 bits per heavy atom. The van der Waals surface area contributed by atoms with E-state index in [1.54, 1.807) is 12.3 Å². The van der Waals surface area contributed by atoms with Crippen LogP contribution < -0.4 is 10.9 Å². The zero-order valence-electron chi connectivity index (χ0n) is 11.5. The molecule has 2 atom stereocenters. The lowest BCUT2D eigenvalue weighted by molar-refractivity contribution is 0.648. The third-order valence-corrected chi connectivity index (χ3v) is 4.41. The second kappa shape index (κ2) is 5.85. The van der Waals surface area contributed by atoms with E-state index < -0.39 is 0 Å². The molecule has 0 aliphatic heterocycles. The summed E-state index contributed by atoms with van der Waals surface area (Å²) in [4.78, 5) is 12.1. The van der Waals surface area contributed by atoms with Crippen LogP contribution in [0.2, 0.25) is 0 Å². The number of allylic oxidation sites excluding steroid dienone is 1. The molecule has 0 radical (unpaired) electrons. The van der Waals surface area contributed by atoms with E-state index in [-0.39, 0.29) is 5.56 Å². The van der Waals surface area contributed by atoms with Crippen LogP contribution in [0.3, 0.4) is 0 Å². The van der Waals surface area contributed by atoms with Crippen molar-refractivity contribution >= 4 is 21.6 Å². The number of nitrogens with one attached hydrogen (secondary N) is 1. The number of aromatic nitrogens is 2. The second-order valence-corrected chi connectivity index (χ2v) is 5.94. The summed E-state index contributed by atoms with van der Waals surface area (Å²) in [6.45, 7) is 4.03. The number of hydrogen-bond acceptors (Lipinski definition) is 3. The Bertz CT molecular complexity index is 711. The predicted molar refractivity (Wildman–Crippen MR) is 87.6 cm³/mol. The first-order valence-electron chi connectivity index (χ1n) is 6.88. The van der Waals surface area contributed by atoms with Gasteiger partial charge in [0.15, 0.2) is 0 Å². The lowest BCUT2D eigenvalue weighted by atomic mass is 10.1. The Morgan fingerprint density at radius 2 is 2.19 bits per heavy atom. The van der Waals surface area contributed by atoms with Crippen LogP contribution in [0.5, 0.6) is 0 Å². The van der Waals surface area contributed by atoms with Gasteiger partial charge in [0.1, 0.15) is 4.47 Å². The molecule has 1 saturated carbocycles. The van der Waals surface area contributed by atoms with Gasteiger partial charge in [0.2, 0.25) is 0 Å². The maximum atomic E-state index is 12.1. The monoisotopic (exact) mass is 345 g/mol. The van der Waals surface area contributed by atoms with E-state index in [0.717, 1.165) is 12.1 Å². The minimum absolute atomic E-state index is 0.142. The Hall–Kier alpha value is -1.88. The molecule has 4 nitrogen and oxygen atoms in total. The molecule has 2 unspecified atom stereocenters. The van der Waals surface area contributed by atoms with E-state index in [4.69, 9.17) is 0 Å². The van der Waals surface area contributed by atoms with Crippen molar-refractivity contribution in [3.8, 4) is 0 Å². The summed E-state index contributed by atoms with van der Waals surface area (Å²) in [6, 6.07) is 10.8. The summed E-state index contributed by atoms with van der Waals surface area (Å²) in [5.74, 6) is 0.508. The Balaban J connectivity index is 1.74. The smallest absolute Gasteiger partial charge is 0.283 e. The summed E-state index contributed by atoms with van der Waals surface area (Å²) >= 11 is 3.36. The molecule has 1 aliphatic carbocycles. The number of anilines is 1. The Kier molecular flexibility index (Phi) is 3.92. The number of benzene rings is 1. The molecule has 5 heteroatoms. The molecule has 1 aromatic heterocycles. The van der Waals surface area contributed by atoms with Crippen molar-refractivity contribution in [2.75, 3.05) is 5.32 Å². The first-order valence-corrected chi connectivity index (χ1v) is 7.68. The average Bonchev–Trinajstić information content (AvgIpc) is 3.27. The van der Waals surface area contributed by atoms with Crippen molar-refractivity contribution in [1.29, 1.82) is 0 Å². The molecule has 0 saturated heterocycles. The molecule has 1 aromatic carbocycles. The maximum Gasteiger partial charge on any atom is 0.283 e. The van der Waals surface area contributed by atoms with E-state index >= 15 is 0 Å². The maximum absolute atomic E-state index is 12.1. The zero-order chi connectivity index (χ0) is 14.8. The van der Waals surface area contributed by atoms with Gasteiger partial charge >= 0.3 is 0 Å². The van der Waals surface area contributed by atoms with E-state index in [0.29, 0.717) is 23.0 Å². The highest BCUT2D eigenvalue weighted by Gasteiger charge is 2.38. The molecule has 1 N–H and O–H groups in total. The molecule has 3 rings (SSSR count). The van der Waals surface area contributed by atoms with Crippen LogP contribution in [0.25, 0.3) is 0 Å². The molecule has 0 spiro atoms. The molecule has 21 heavy (non-hydrogen) atoms. The molecule has 1 aliphatic rings. The first-order chi connectivity index (χ1) is 10.2. The summed E-state index contributed by atoms with van der Waals surface area (Å²) in [7, 11) is 0. The quantitative estimate of drug-likeness (QED) is 0.846. The Morgan fingerprint density at radius 1 is 1.43 bits per heavy atom. The molecule has 1 heterocycles. The van der Waals surface area contributed by atoms with E-state index in [2.05, 4.69) is 57.2 Å². The van der Waals surface area contributed by atoms with Crippen LogP contribution in [0, 0.1) is 0 Å².